The highest BCUT2D eigenvalue weighted by Gasteiger charge is 2.40. The molecule has 1 heterocycles. The monoisotopic (exact) mass is 286 g/mol. The first-order chi connectivity index (χ1) is 8.84. The van der Waals surface area contributed by atoms with Crippen LogP contribution in [0.15, 0.2) is 18.2 Å². The van der Waals surface area contributed by atoms with Gasteiger partial charge in [0.25, 0.3) is 0 Å². The number of aryl methyl sites for hydroxylation is 1. The van der Waals surface area contributed by atoms with Gasteiger partial charge in [-0.05, 0) is 24.6 Å². The molecule has 98 valence electrons. The summed E-state index contributed by atoms with van der Waals surface area (Å²) in [5, 5.41) is 15.6. The van der Waals surface area contributed by atoms with Crippen LogP contribution in [0, 0.1) is 18.3 Å². The van der Waals surface area contributed by atoms with Gasteiger partial charge in [0.05, 0.1) is 5.69 Å². The van der Waals surface area contributed by atoms with Crippen molar-refractivity contribution in [2.75, 3.05) is 0 Å². The highest BCUT2D eigenvalue weighted by molar-refractivity contribution is 6.30. The molecule has 4 nitrogen and oxygen atoms in total. The number of halogens is 4. The van der Waals surface area contributed by atoms with Crippen molar-refractivity contribution in [1.29, 1.82) is 5.26 Å². The van der Waals surface area contributed by atoms with Crippen molar-refractivity contribution in [3.63, 3.8) is 0 Å². The maximum Gasteiger partial charge on any atom is 0.436 e. The van der Waals surface area contributed by atoms with Crippen LogP contribution in [-0.4, -0.2) is 15.0 Å². The van der Waals surface area contributed by atoms with Gasteiger partial charge in [-0.2, -0.15) is 18.4 Å². The van der Waals surface area contributed by atoms with E-state index in [0.717, 1.165) is 0 Å². The molecule has 0 atom stereocenters. The van der Waals surface area contributed by atoms with Gasteiger partial charge in [0, 0.05) is 5.02 Å². The lowest BCUT2D eigenvalue weighted by Gasteiger charge is -2.11. The lowest BCUT2D eigenvalue weighted by atomic mass is 10.2. The summed E-state index contributed by atoms with van der Waals surface area (Å²) >= 11 is 5.77. The maximum absolute atomic E-state index is 13.0. The Balaban J connectivity index is 2.74. The van der Waals surface area contributed by atoms with Gasteiger partial charge in [-0.15, -0.1) is 5.10 Å². The molecule has 2 aromatic rings. The van der Waals surface area contributed by atoms with Crippen molar-refractivity contribution in [2.24, 2.45) is 0 Å². The van der Waals surface area contributed by atoms with Crippen molar-refractivity contribution in [2.45, 2.75) is 13.1 Å². The smallest absolute Gasteiger partial charge is 0.207 e. The summed E-state index contributed by atoms with van der Waals surface area (Å²) in [5.74, 6) is 0. The Morgan fingerprint density at radius 1 is 1.37 bits per heavy atom. The van der Waals surface area contributed by atoms with Crippen LogP contribution in [0.2, 0.25) is 5.02 Å². The fraction of sp³-hybridized carbons (Fsp3) is 0.182. The fourth-order valence-corrected chi connectivity index (χ4v) is 1.76. The quantitative estimate of drug-likeness (QED) is 0.809. The second kappa shape index (κ2) is 4.55. The Bertz CT molecular complexity index is 670. The highest BCUT2D eigenvalue weighted by Crippen LogP contribution is 2.33. The SMILES string of the molecule is Cc1ccc(Cl)cc1-n1nnc(C#N)c1C(F)(F)F. The lowest BCUT2D eigenvalue weighted by Crippen LogP contribution is -2.15. The summed E-state index contributed by atoms with van der Waals surface area (Å²) in [7, 11) is 0. The summed E-state index contributed by atoms with van der Waals surface area (Å²) in [4.78, 5) is 0. The molecule has 0 spiro atoms. The van der Waals surface area contributed by atoms with Crippen LogP contribution in [0.4, 0.5) is 13.2 Å². The van der Waals surface area contributed by atoms with Gasteiger partial charge in [0.1, 0.15) is 6.07 Å². The van der Waals surface area contributed by atoms with Crippen LogP contribution < -0.4 is 0 Å². The van der Waals surface area contributed by atoms with Crippen LogP contribution >= 0.6 is 11.6 Å². The summed E-state index contributed by atoms with van der Waals surface area (Å²) in [5.41, 5.74) is -1.31. The minimum atomic E-state index is -4.73. The van der Waals surface area contributed by atoms with Gasteiger partial charge in [-0.25, -0.2) is 4.68 Å². The Morgan fingerprint density at radius 3 is 2.63 bits per heavy atom. The topological polar surface area (TPSA) is 54.5 Å². The van der Waals surface area contributed by atoms with Gasteiger partial charge in [0.15, 0.2) is 11.4 Å². The molecule has 0 radical (unpaired) electrons. The molecule has 2 rings (SSSR count). The summed E-state index contributed by atoms with van der Waals surface area (Å²) < 4.78 is 39.5. The average molecular weight is 287 g/mol. The number of benzene rings is 1. The molecular formula is C11H6ClF3N4. The van der Waals surface area contributed by atoms with E-state index in [2.05, 4.69) is 10.3 Å². The van der Waals surface area contributed by atoms with Gasteiger partial charge >= 0.3 is 6.18 Å². The molecule has 0 fully saturated rings. The molecule has 0 saturated heterocycles. The van der Waals surface area contributed by atoms with E-state index in [1.54, 1.807) is 19.1 Å². The normalized spacial score (nSPS) is 11.4. The van der Waals surface area contributed by atoms with Crippen LogP contribution in [0.5, 0.6) is 0 Å². The maximum atomic E-state index is 13.0. The Morgan fingerprint density at radius 2 is 2.05 bits per heavy atom. The van der Waals surface area contributed by atoms with Crippen molar-refractivity contribution in [3.8, 4) is 11.8 Å². The minimum absolute atomic E-state index is 0.133. The second-order valence-corrected chi connectivity index (χ2v) is 4.18. The van der Waals surface area contributed by atoms with Crippen LogP contribution in [0.3, 0.4) is 0 Å². The van der Waals surface area contributed by atoms with E-state index in [4.69, 9.17) is 16.9 Å². The third-order valence-corrected chi connectivity index (χ3v) is 2.68. The first-order valence-electron chi connectivity index (χ1n) is 5.04. The summed E-state index contributed by atoms with van der Waals surface area (Å²) in [6, 6.07) is 5.83. The zero-order chi connectivity index (χ0) is 14.2. The van der Waals surface area contributed by atoms with Gasteiger partial charge in [0.2, 0.25) is 0 Å². The van der Waals surface area contributed by atoms with Crippen molar-refractivity contribution in [1.82, 2.24) is 15.0 Å². The minimum Gasteiger partial charge on any atom is -0.207 e. The Labute approximate surface area is 111 Å². The van der Waals surface area contributed by atoms with Crippen LogP contribution in [0.25, 0.3) is 5.69 Å². The fourth-order valence-electron chi connectivity index (χ4n) is 1.59. The first kappa shape index (κ1) is 13.4. The molecule has 8 heteroatoms. The van der Waals surface area contributed by atoms with E-state index in [1.807, 2.05) is 0 Å². The van der Waals surface area contributed by atoms with Crippen molar-refractivity contribution < 1.29 is 13.2 Å². The summed E-state index contributed by atoms with van der Waals surface area (Å²) in [6.45, 7) is 1.61. The molecule has 0 aliphatic heterocycles. The number of rotatable bonds is 1. The number of aromatic nitrogens is 3. The zero-order valence-corrected chi connectivity index (χ0v) is 10.3. The first-order valence-corrected chi connectivity index (χ1v) is 5.42. The van der Waals surface area contributed by atoms with E-state index in [-0.39, 0.29) is 10.7 Å². The molecule has 0 aliphatic rings. The number of hydrogen-bond acceptors (Lipinski definition) is 3. The average Bonchev–Trinajstić information content (AvgIpc) is 2.75. The van der Waals surface area contributed by atoms with Gasteiger partial charge in [-0.1, -0.05) is 22.9 Å². The Kier molecular flexibility index (Phi) is 3.20. The van der Waals surface area contributed by atoms with E-state index in [0.29, 0.717) is 10.2 Å². The number of hydrogen-bond donors (Lipinski definition) is 0. The predicted molar refractivity (Wildman–Crippen MR) is 60.8 cm³/mol. The number of nitriles is 1. The van der Waals surface area contributed by atoms with Crippen LogP contribution in [0.1, 0.15) is 17.0 Å². The Hall–Kier alpha value is -2.07. The molecule has 0 amide bonds. The third-order valence-electron chi connectivity index (χ3n) is 2.44. The van der Waals surface area contributed by atoms with Crippen molar-refractivity contribution >= 4 is 11.6 Å². The largest absolute Gasteiger partial charge is 0.436 e. The molecule has 0 saturated carbocycles. The number of alkyl halides is 3. The van der Waals surface area contributed by atoms with E-state index >= 15 is 0 Å². The molecular weight excluding hydrogens is 281 g/mol. The van der Waals surface area contributed by atoms with E-state index in [1.165, 1.54) is 12.1 Å². The molecule has 1 aromatic carbocycles. The van der Waals surface area contributed by atoms with Crippen molar-refractivity contribution in [3.05, 3.63) is 40.2 Å². The van der Waals surface area contributed by atoms with Crippen LogP contribution in [-0.2, 0) is 6.18 Å². The summed E-state index contributed by atoms with van der Waals surface area (Å²) in [6.07, 6.45) is -4.73. The zero-order valence-electron chi connectivity index (χ0n) is 9.53. The standard InChI is InChI=1S/C11H6ClF3N4/c1-6-2-3-7(12)4-9(6)19-10(11(13,14)15)8(5-16)17-18-19/h2-4H,1H3. The molecule has 1 aromatic heterocycles. The molecule has 0 aliphatic carbocycles. The van der Waals surface area contributed by atoms with Gasteiger partial charge in [-0.3, -0.25) is 0 Å². The molecule has 0 N–H and O–H groups in total. The molecule has 0 bridgehead atoms. The molecule has 0 unspecified atom stereocenters. The lowest BCUT2D eigenvalue weighted by molar-refractivity contribution is -0.143. The third kappa shape index (κ3) is 2.39. The second-order valence-electron chi connectivity index (χ2n) is 3.74. The highest BCUT2D eigenvalue weighted by atomic mass is 35.5. The number of nitrogens with zero attached hydrogens (tertiary/aromatic N) is 4. The predicted octanol–water partition coefficient (Wildman–Crippen LogP) is 3.12. The van der Waals surface area contributed by atoms with E-state index < -0.39 is 17.6 Å². The molecule has 19 heavy (non-hydrogen) atoms. The van der Waals surface area contributed by atoms with E-state index in [9.17, 15) is 13.2 Å². The van der Waals surface area contributed by atoms with Gasteiger partial charge < -0.3 is 0 Å².